The van der Waals surface area contributed by atoms with Crippen molar-refractivity contribution in [1.82, 2.24) is 20.6 Å². The van der Waals surface area contributed by atoms with E-state index in [0.717, 1.165) is 5.56 Å². The van der Waals surface area contributed by atoms with E-state index in [0.29, 0.717) is 45.0 Å². The number of ether oxygens (including phenoxy) is 1. The number of carbonyl (C=O) groups is 3. The zero-order chi connectivity index (χ0) is 30.4. The number of pyridine rings is 2. The van der Waals surface area contributed by atoms with Gasteiger partial charge >= 0.3 is 0 Å². The number of anilines is 1. The molecule has 0 saturated carbocycles. The van der Waals surface area contributed by atoms with Gasteiger partial charge in [0.2, 0.25) is 11.8 Å². The maximum absolute atomic E-state index is 12.9. The maximum Gasteiger partial charge on any atom is 0.269 e. The van der Waals surface area contributed by atoms with Gasteiger partial charge in [0.25, 0.3) is 5.91 Å². The van der Waals surface area contributed by atoms with Gasteiger partial charge in [-0.2, -0.15) is 0 Å². The van der Waals surface area contributed by atoms with Crippen molar-refractivity contribution in [3.8, 4) is 11.5 Å². The molecule has 10 nitrogen and oxygen atoms in total. The van der Waals surface area contributed by atoms with E-state index in [1.165, 1.54) is 11.9 Å². The predicted molar refractivity (Wildman–Crippen MR) is 161 cm³/mol. The number of aryl methyl sites for hydroxylation is 2. The lowest BCUT2D eigenvalue weighted by Crippen LogP contribution is -2.38. The molecule has 12 heteroatoms. The first-order valence-electron chi connectivity index (χ1n) is 13.0. The summed E-state index contributed by atoms with van der Waals surface area (Å²) >= 11 is 13.1. The lowest BCUT2D eigenvalue weighted by atomic mass is 10.1. The molecular weight excluding hydrogens is 581 g/mol. The summed E-state index contributed by atoms with van der Waals surface area (Å²) < 4.78 is 6.01. The van der Waals surface area contributed by atoms with Gasteiger partial charge in [0, 0.05) is 54.4 Å². The van der Waals surface area contributed by atoms with Crippen molar-refractivity contribution >= 4 is 57.5 Å². The Bertz CT molecular complexity index is 1650. The smallest absolute Gasteiger partial charge is 0.269 e. The number of hydrogen-bond donors (Lipinski definition) is 3. The third kappa shape index (κ3) is 7.07. The Kier molecular flexibility index (Phi) is 9.82. The first-order valence-corrected chi connectivity index (χ1v) is 13.7. The Hall–Kier alpha value is -4.41. The average Bonchev–Trinajstić information content (AvgIpc) is 2.98. The van der Waals surface area contributed by atoms with Crippen molar-refractivity contribution in [2.45, 2.75) is 26.4 Å². The van der Waals surface area contributed by atoms with Crippen LogP contribution in [-0.2, 0) is 22.6 Å². The summed E-state index contributed by atoms with van der Waals surface area (Å²) in [6.07, 6.45) is 2.08. The number of aromatic nitrogens is 2. The highest BCUT2D eigenvalue weighted by Crippen LogP contribution is 2.36. The number of benzene rings is 2. The van der Waals surface area contributed by atoms with Gasteiger partial charge in [-0.3, -0.25) is 19.4 Å². The summed E-state index contributed by atoms with van der Waals surface area (Å²) in [7, 11) is 3.07. The molecule has 218 valence electrons. The highest BCUT2D eigenvalue weighted by atomic mass is 35.5. The van der Waals surface area contributed by atoms with Crippen LogP contribution in [-0.4, -0.2) is 53.4 Å². The Morgan fingerprint density at radius 1 is 1.10 bits per heavy atom. The fraction of sp³-hybridized carbons (Fsp3) is 0.233. The van der Waals surface area contributed by atoms with Crippen molar-refractivity contribution in [1.29, 1.82) is 0 Å². The Morgan fingerprint density at radius 3 is 2.60 bits per heavy atom. The highest BCUT2D eigenvalue weighted by Gasteiger charge is 2.20. The minimum atomic E-state index is -0.389. The zero-order valence-corrected chi connectivity index (χ0v) is 24.7. The number of rotatable bonds is 10. The first kappa shape index (κ1) is 30.5. The largest absolute Gasteiger partial charge is 0.507 e. The van der Waals surface area contributed by atoms with Crippen LogP contribution in [0.4, 0.5) is 5.69 Å². The molecule has 0 aliphatic carbocycles. The van der Waals surface area contributed by atoms with Crippen LogP contribution in [0.15, 0.2) is 54.7 Å². The number of carbonyl (C=O) groups excluding carboxylic acids is 3. The molecule has 0 saturated heterocycles. The van der Waals surface area contributed by atoms with Crippen LogP contribution < -0.4 is 20.3 Å². The quantitative estimate of drug-likeness (QED) is 0.239. The van der Waals surface area contributed by atoms with Crippen molar-refractivity contribution in [2.24, 2.45) is 0 Å². The predicted octanol–water partition coefficient (Wildman–Crippen LogP) is 4.60. The number of aromatic hydroxyl groups is 1. The van der Waals surface area contributed by atoms with E-state index in [-0.39, 0.29) is 53.8 Å². The number of likely N-dealkylation sites (N-methyl/N-ethyl adjacent to an activating group) is 1. The third-order valence-corrected chi connectivity index (χ3v) is 7.32. The van der Waals surface area contributed by atoms with Crippen LogP contribution in [0.2, 0.25) is 10.0 Å². The SMILES string of the molecule is CNC(=O)c1ccc(CCC(=O)NCC(=O)N(C)c2ccc(Cl)c(COc3cccc4c(O)cc(C)nc34)c2Cl)cn1. The molecule has 2 aromatic carbocycles. The highest BCUT2D eigenvalue weighted by molar-refractivity contribution is 6.38. The molecule has 0 fully saturated rings. The Balaban J connectivity index is 1.37. The standard InChI is InChI=1S/C30H29Cl2N5O5/c1-17-13-24(38)19-5-4-6-25(29(19)36-17)42-16-20-21(31)9-11-23(28(20)32)37(3)27(40)15-35-26(39)12-8-18-7-10-22(34-14-18)30(41)33-2/h4-7,9-11,13-14H,8,12,15-16H2,1-3H3,(H,33,41)(H,35,39)(H,36,38). The monoisotopic (exact) mass is 609 g/mol. The van der Waals surface area contributed by atoms with Gasteiger partial charge in [-0.25, -0.2) is 4.98 Å². The Morgan fingerprint density at radius 2 is 1.88 bits per heavy atom. The topological polar surface area (TPSA) is 134 Å². The molecule has 0 aliphatic heterocycles. The molecule has 0 aliphatic rings. The molecule has 0 unspecified atom stereocenters. The average molecular weight is 610 g/mol. The number of amides is 3. The molecule has 0 atom stereocenters. The molecule has 3 amide bonds. The summed E-state index contributed by atoms with van der Waals surface area (Å²) in [4.78, 5) is 46.8. The van der Waals surface area contributed by atoms with Gasteiger partial charge in [0.1, 0.15) is 29.3 Å². The van der Waals surface area contributed by atoms with Crippen LogP contribution in [0.3, 0.4) is 0 Å². The maximum atomic E-state index is 12.9. The van der Waals surface area contributed by atoms with Crippen molar-refractivity contribution in [3.63, 3.8) is 0 Å². The van der Waals surface area contributed by atoms with Crippen LogP contribution in [0.5, 0.6) is 11.5 Å². The molecule has 42 heavy (non-hydrogen) atoms. The fourth-order valence-corrected chi connectivity index (χ4v) is 4.79. The molecular formula is C30H29Cl2N5O5. The normalized spacial score (nSPS) is 10.8. The van der Waals surface area contributed by atoms with Gasteiger partial charge in [-0.1, -0.05) is 35.3 Å². The number of fused-ring (bicyclic) bond motifs is 1. The minimum Gasteiger partial charge on any atom is -0.507 e. The first-order chi connectivity index (χ1) is 20.1. The summed E-state index contributed by atoms with van der Waals surface area (Å²) in [5.74, 6) is -0.453. The third-order valence-electron chi connectivity index (χ3n) is 6.54. The second-order valence-electron chi connectivity index (χ2n) is 9.44. The summed E-state index contributed by atoms with van der Waals surface area (Å²) in [6.45, 7) is 1.52. The van der Waals surface area contributed by atoms with E-state index in [1.807, 2.05) is 0 Å². The number of nitrogens with zero attached hydrogens (tertiary/aromatic N) is 3. The summed E-state index contributed by atoms with van der Waals surface area (Å²) in [5.41, 5.74) is 3.06. The van der Waals surface area contributed by atoms with Gasteiger partial charge in [0.15, 0.2) is 0 Å². The second-order valence-corrected chi connectivity index (χ2v) is 10.2. The van der Waals surface area contributed by atoms with Crippen LogP contribution in [0, 0.1) is 6.92 Å². The van der Waals surface area contributed by atoms with E-state index in [1.54, 1.807) is 68.7 Å². The van der Waals surface area contributed by atoms with Gasteiger partial charge in [-0.05, 0) is 49.2 Å². The lowest BCUT2D eigenvalue weighted by Gasteiger charge is -2.21. The minimum absolute atomic E-state index is 0.0152. The number of nitrogens with one attached hydrogen (secondary N) is 2. The molecule has 3 N–H and O–H groups in total. The molecule has 2 aromatic heterocycles. The van der Waals surface area contributed by atoms with Gasteiger partial charge in [-0.15, -0.1) is 0 Å². The van der Waals surface area contributed by atoms with Gasteiger partial charge < -0.3 is 25.4 Å². The van der Waals surface area contributed by atoms with Crippen LogP contribution in [0.25, 0.3) is 10.9 Å². The Labute approximate surface area is 252 Å². The van der Waals surface area contributed by atoms with E-state index in [4.69, 9.17) is 27.9 Å². The summed E-state index contributed by atoms with van der Waals surface area (Å²) in [6, 6.07) is 13.3. The summed E-state index contributed by atoms with van der Waals surface area (Å²) in [5, 5.41) is 16.5. The number of para-hydroxylation sites is 1. The van der Waals surface area contributed by atoms with Gasteiger partial charge in [0.05, 0.1) is 17.3 Å². The molecule has 0 spiro atoms. The molecule has 0 bridgehead atoms. The van der Waals surface area contributed by atoms with E-state index >= 15 is 0 Å². The molecule has 4 rings (SSSR count). The van der Waals surface area contributed by atoms with Crippen molar-refractivity contribution in [3.05, 3.63) is 87.3 Å². The van der Waals surface area contributed by atoms with Crippen molar-refractivity contribution in [2.75, 3.05) is 25.5 Å². The van der Waals surface area contributed by atoms with Crippen LogP contribution >= 0.6 is 23.2 Å². The lowest BCUT2D eigenvalue weighted by molar-refractivity contribution is -0.124. The van der Waals surface area contributed by atoms with E-state index < -0.39 is 0 Å². The molecule has 4 aromatic rings. The molecule has 2 heterocycles. The number of halogens is 2. The fourth-order valence-electron chi connectivity index (χ4n) is 4.18. The zero-order valence-electron chi connectivity index (χ0n) is 23.2. The van der Waals surface area contributed by atoms with Crippen molar-refractivity contribution < 1.29 is 24.2 Å². The molecule has 0 radical (unpaired) electrons. The number of hydrogen-bond acceptors (Lipinski definition) is 7. The van der Waals surface area contributed by atoms with Crippen LogP contribution in [0.1, 0.15) is 33.7 Å². The second kappa shape index (κ2) is 13.5. The van der Waals surface area contributed by atoms with E-state index in [2.05, 4.69) is 20.6 Å². The van der Waals surface area contributed by atoms with E-state index in [9.17, 15) is 19.5 Å².